The summed E-state index contributed by atoms with van der Waals surface area (Å²) in [5, 5.41) is 12.1. The number of carbonyl (C=O) groups is 2. The second-order valence-corrected chi connectivity index (χ2v) is 8.03. The van der Waals surface area contributed by atoms with Crippen LogP contribution < -0.4 is 9.96 Å². The largest absolute Gasteiger partial charge is 0.508 e. The normalized spacial score (nSPS) is 23.2. The summed E-state index contributed by atoms with van der Waals surface area (Å²) in [5.41, 5.74) is 1.71. The summed E-state index contributed by atoms with van der Waals surface area (Å²) in [6.45, 7) is 0. The van der Waals surface area contributed by atoms with Gasteiger partial charge in [0.05, 0.1) is 17.4 Å². The van der Waals surface area contributed by atoms with Crippen molar-refractivity contribution in [1.29, 1.82) is 0 Å². The fraction of sp³-hybridized carbons (Fsp3) is 0.130. The van der Waals surface area contributed by atoms with Crippen LogP contribution >= 0.6 is 15.9 Å². The SMILES string of the molecule is O=C1[C@H]2[C@@H](c3ccccc3O)N(c3ccccc3)O[C@H]2C(=O)N1c1ccccc1Br. The Labute approximate surface area is 181 Å². The predicted octanol–water partition coefficient (Wildman–Crippen LogP) is 4.21. The van der Waals surface area contributed by atoms with Crippen molar-refractivity contribution >= 4 is 39.1 Å². The van der Waals surface area contributed by atoms with E-state index in [1.165, 1.54) is 4.90 Å². The van der Waals surface area contributed by atoms with Crippen LogP contribution in [0.3, 0.4) is 0 Å². The van der Waals surface area contributed by atoms with Crippen molar-refractivity contribution in [1.82, 2.24) is 0 Å². The van der Waals surface area contributed by atoms with E-state index in [9.17, 15) is 14.7 Å². The van der Waals surface area contributed by atoms with Crippen LogP contribution in [0.15, 0.2) is 83.3 Å². The van der Waals surface area contributed by atoms with Gasteiger partial charge in [-0.15, -0.1) is 0 Å². The van der Waals surface area contributed by atoms with E-state index < -0.39 is 24.0 Å². The molecule has 0 unspecified atom stereocenters. The number of anilines is 2. The molecule has 0 saturated carbocycles. The highest BCUT2D eigenvalue weighted by Crippen LogP contribution is 2.49. The van der Waals surface area contributed by atoms with E-state index in [2.05, 4.69) is 15.9 Å². The molecule has 2 aliphatic heterocycles. The molecule has 6 nitrogen and oxygen atoms in total. The van der Waals surface area contributed by atoms with Crippen LogP contribution in [0.1, 0.15) is 11.6 Å². The molecule has 2 aliphatic rings. The smallest absolute Gasteiger partial charge is 0.266 e. The highest BCUT2D eigenvalue weighted by atomic mass is 79.9. The number of imide groups is 1. The van der Waals surface area contributed by atoms with Gasteiger partial charge in [0.25, 0.3) is 5.91 Å². The molecule has 3 atom stereocenters. The molecule has 0 aliphatic carbocycles. The molecule has 0 radical (unpaired) electrons. The molecule has 1 N–H and O–H groups in total. The van der Waals surface area contributed by atoms with Gasteiger partial charge in [-0.1, -0.05) is 48.5 Å². The quantitative estimate of drug-likeness (QED) is 0.588. The first-order valence-corrected chi connectivity index (χ1v) is 10.3. The molecule has 0 spiro atoms. The van der Waals surface area contributed by atoms with Gasteiger partial charge in [-0.2, -0.15) is 0 Å². The fourth-order valence-electron chi connectivity index (χ4n) is 4.14. The van der Waals surface area contributed by atoms with E-state index in [-0.39, 0.29) is 11.7 Å². The zero-order valence-corrected chi connectivity index (χ0v) is 17.3. The first kappa shape index (κ1) is 18.8. The molecule has 2 fully saturated rings. The zero-order chi connectivity index (χ0) is 20.8. The Kier molecular flexibility index (Phi) is 4.56. The van der Waals surface area contributed by atoms with Crippen LogP contribution in [0.4, 0.5) is 11.4 Å². The average molecular weight is 465 g/mol. The summed E-state index contributed by atoms with van der Waals surface area (Å²) in [4.78, 5) is 34.0. The number of hydrogen-bond donors (Lipinski definition) is 1. The third kappa shape index (κ3) is 2.81. The lowest BCUT2D eigenvalue weighted by molar-refractivity contribution is -0.126. The molecule has 5 rings (SSSR count). The van der Waals surface area contributed by atoms with Crippen molar-refractivity contribution in [3.63, 3.8) is 0 Å². The summed E-state index contributed by atoms with van der Waals surface area (Å²) >= 11 is 3.42. The maximum atomic E-state index is 13.5. The Balaban J connectivity index is 1.62. The summed E-state index contributed by atoms with van der Waals surface area (Å²) < 4.78 is 0.644. The van der Waals surface area contributed by atoms with Crippen molar-refractivity contribution < 1.29 is 19.5 Å². The summed E-state index contributed by atoms with van der Waals surface area (Å²) in [6.07, 6.45) is -0.977. The first-order chi connectivity index (χ1) is 14.6. The lowest BCUT2D eigenvalue weighted by Gasteiger charge is -2.29. The third-order valence-electron chi connectivity index (χ3n) is 5.47. The maximum Gasteiger partial charge on any atom is 0.266 e. The number of phenols is 1. The van der Waals surface area contributed by atoms with Gasteiger partial charge in [-0.05, 0) is 46.3 Å². The van der Waals surface area contributed by atoms with Crippen molar-refractivity contribution in [2.75, 3.05) is 9.96 Å². The lowest BCUT2D eigenvalue weighted by Crippen LogP contribution is -2.37. The Bertz CT molecular complexity index is 1140. The molecule has 3 aromatic carbocycles. The number of hydroxylamine groups is 1. The molecular weight excluding hydrogens is 448 g/mol. The summed E-state index contributed by atoms with van der Waals surface area (Å²) in [6, 6.07) is 22.5. The van der Waals surface area contributed by atoms with Crippen molar-refractivity contribution in [2.45, 2.75) is 12.1 Å². The Morgan fingerprint density at radius 1 is 0.833 bits per heavy atom. The van der Waals surface area contributed by atoms with Crippen LogP contribution in [0, 0.1) is 5.92 Å². The molecule has 0 aromatic heterocycles. The molecule has 3 aromatic rings. The number of rotatable bonds is 3. The minimum atomic E-state index is -0.977. The topological polar surface area (TPSA) is 70.1 Å². The van der Waals surface area contributed by atoms with Gasteiger partial charge in [0.2, 0.25) is 5.91 Å². The van der Waals surface area contributed by atoms with Gasteiger partial charge in [0.15, 0.2) is 6.10 Å². The van der Waals surface area contributed by atoms with Crippen LogP contribution in [0.2, 0.25) is 0 Å². The Hall–Kier alpha value is -3.16. The Morgan fingerprint density at radius 2 is 1.50 bits per heavy atom. The van der Waals surface area contributed by atoms with Crippen LogP contribution in [-0.2, 0) is 14.4 Å². The van der Waals surface area contributed by atoms with Crippen molar-refractivity contribution in [3.05, 3.63) is 88.9 Å². The molecule has 7 heteroatoms. The fourth-order valence-corrected chi connectivity index (χ4v) is 4.60. The number of para-hydroxylation sites is 3. The number of amides is 2. The molecule has 0 bridgehead atoms. The number of aromatic hydroxyl groups is 1. The number of benzene rings is 3. The van der Waals surface area contributed by atoms with E-state index in [1.54, 1.807) is 47.5 Å². The standard InChI is InChI=1S/C23H17BrN2O4/c24-16-11-5-6-12-17(16)25-22(28)19-20(15-10-4-7-13-18(15)27)26(30-21(19)23(25)29)14-8-2-1-3-9-14/h1-13,19-21,27H/t19-,20+,21+/m0/s1. The van der Waals surface area contributed by atoms with Gasteiger partial charge >= 0.3 is 0 Å². The second kappa shape index (κ2) is 7.27. The first-order valence-electron chi connectivity index (χ1n) is 9.49. The lowest BCUT2D eigenvalue weighted by atomic mass is 9.90. The number of fused-ring (bicyclic) bond motifs is 1. The van der Waals surface area contributed by atoms with Gasteiger partial charge < -0.3 is 5.11 Å². The average Bonchev–Trinajstić information content (AvgIpc) is 3.26. The van der Waals surface area contributed by atoms with Gasteiger partial charge in [-0.25, -0.2) is 9.96 Å². The number of carbonyl (C=O) groups excluding carboxylic acids is 2. The molecule has 2 amide bonds. The van der Waals surface area contributed by atoms with E-state index in [4.69, 9.17) is 4.84 Å². The monoisotopic (exact) mass is 464 g/mol. The van der Waals surface area contributed by atoms with Gasteiger partial charge in [0, 0.05) is 10.0 Å². The predicted molar refractivity (Wildman–Crippen MR) is 115 cm³/mol. The molecule has 30 heavy (non-hydrogen) atoms. The number of nitrogens with zero attached hydrogens (tertiary/aromatic N) is 2. The van der Waals surface area contributed by atoms with Gasteiger partial charge in [-0.3, -0.25) is 14.4 Å². The minimum absolute atomic E-state index is 0.0484. The summed E-state index contributed by atoms with van der Waals surface area (Å²) in [7, 11) is 0. The highest BCUT2D eigenvalue weighted by Gasteiger charge is 2.60. The molecular formula is C23H17BrN2O4. The van der Waals surface area contributed by atoms with E-state index in [0.717, 1.165) is 0 Å². The van der Waals surface area contributed by atoms with Crippen molar-refractivity contribution in [2.24, 2.45) is 5.92 Å². The van der Waals surface area contributed by atoms with E-state index in [1.807, 2.05) is 36.4 Å². The van der Waals surface area contributed by atoms with E-state index in [0.29, 0.717) is 21.4 Å². The molecule has 150 valence electrons. The maximum absolute atomic E-state index is 13.5. The van der Waals surface area contributed by atoms with Crippen molar-refractivity contribution in [3.8, 4) is 5.75 Å². The van der Waals surface area contributed by atoms with Crippen LogP contribution in [0.5, 0.6) is 5.75 Å². The van der Waals surface area contributed by atoms with Crippen LogP contribution in [0.25, 0.3) is 0 Å². The number of halogens is 1. The number of hydrogen-bond acceptors (Lipinski definition) is 5. The molecule has 2 saturated heterocycles. The minimum Gasteiger partial charge on any atom is -0.508 e. The second-order valence-electron chi connectivity index (χ2n) is 7.18. The third-order valence-corrected chi connectivity index (χ3v) is 6.15. The Morgan fingerprint density at radius 3 is 2.23 bits per heavy atom. The highest BCUT2D eigenvalue weighted by molar-refractivity contribution is 9.10. The van der Waals surface area contributed by atoms with Crippen LogP contribution in [-0.4, -0.2) is 23.0 Å². The number of phenolic OH excluding ortho intramolecular Hbond substituents is 1. The van der Waals surface area contributed by atoms with E-state index >= 15 is 0 Å². The molecule has 2 heterocycles. The van der Waals surface area contributed by atoms with Gasteiger partial charge in [0.1, 0.15) is 11.7 Å². The zero-order valence-electron chi connectivity index (χ0n) is 15.7. The summed E-state index contributed by atoms with van der Waals surface area (Å²) in [5.74, 6) is -1.52.